The first kappa shape index (κ1) is 19.1. The summed E-state index contributed by atoms with van der Waals surface area (Å²) in [5.74, 6) is 0.647. The summed E-state index contributed by atoms with van der Waals surface area (Å²) in [4.78, 5) is 28.2. The molecule has 146 valence electrons. The van der Waals surface area contributed by atoms with Gasteiger partial charge in [-0.3, -0.25) is 9.59 Å². The molecule has 0 aromatic heterocycles. The van der Waals surface area contributed by atoms with Gasteiger partial charge < -0.3 is 10.2 Å². The third kappa shape index (κ3) is 4.96. The average molecular weight is 395 g/mol. The minimum absolute atomic E-state index is 0.00111. The van der Waals surface area contributed by atoms with Gasteiger partial charge in [-0.15, -0.1) is 11.8 Å². The highest BCUT2D eigenvalue weighted by molar-refractivity contribution is 8.00. The number of nitrogens with one attached hydrogen (secondary N) is 1. The highest BCUT2D eigenvalue weighted by atomic mass is 32.2. The smallest absolute Gasteiger partial charge is 0.251 e. The van der Waals surface area contributed by atoms with Gasteiger partial charge in [-0.25, -0.2) is 0 Å². The lowest BCUT2D eigenvalue weighted by Gasteiger charge is -2.23. The van der Waals surface area contributed by atoms with Crippen LogP contribution in [0.3, 0.4) is 0 Å². The van der Waals surface area contributed by atoms with Gasteiger partial charge >= 0.3 is 0 Å². The van der Waals surface area contributed by atoms with Gasteiger partial charge in [-0.05, 0) is 61.9 Å². The fourth-order valence-corrected chi connectivity index (χ4v) is 4.12. The van der Waals surface area contributed by atoms with Crippen LogP contribution in [0.4, 0.5) is 0 Å². The summed E-state index contributed by atoms with van der Waals surface area (Å²) < 4.78 is 0. The van der Waals surface area contributed by atoms with Crippen LogP contribution in [0.1, 0.15) is 47.2 Å². The van der Waals surface area contributed by atoms with Crippen LogP contribution in [0.25, 0.3) is 0 Å². The first-order valence-corrected chi connectivity index (χ1v) is 11.0. The quantitative estimate of drug-likeness (QED) is 0.684. The Balaban J connectivity index is 1.36. The van der Waals surface area contributed by atoms with Crippen molar-refractivity contribution in [2.45, 2.75) is 56.1 Å². The molecule has 0 heterocycles. The third-order valence-electron chi connectivity index (χ3n) is 5.23. The molecule has 5 heteroatoms. The predicted molar refractivity (Wildman–Crippen MR) is 112 cm³/mol. The lowest BCUT2D eigenvalue weighted by Crippen LogP contribution is -2.34. The van der Waals surface area contributed by atoms with E-state index in [9.17, 15) is 9.59 Å². The zero-order valence-electron chi connectivity index (χ0n) is 16.2. The van der Waals surface area contributed by atoms with Gasteiger partial charge in [0.15, 0.2) is 0 Å². The number of carbonyl (C=O) groups is 2. The van der Waals surface area contributed by atoms with Gasteiger partial charge in [0.25, 0.3) is 5.91 Å². The van der Waals surface area contributed by atoms with E-state index < -0.39 is 0 Å². The Hall–Kier alpha value is -2.27. The first-order chi connectivity index (χ1) is 13.6. The average Bonchev–Trinajstić information content (AvgIpc) is 3.60. The topological polar surface area (TPSA) is 49.4 Å². The normalized spacial score (nSPS) is 15.9. The van der Waals surface area contributed by atoms with Crippen molar-refractivity contribution in [3.05, 3.63) is 65.2 Å². The Morgan fingerprint density at radius 2 is 1.75 bits per heavy atom. The first-order valence-electron chi connectivity index (χ1n) is 9.98. The maximum absolute atomic E-state index is 12.9. The van der Waals surface area contributed by atoms with Gasteiger partial charge in [-0.2, -0.15) is 0 Å². The molecule has 2 aromatic rings. The lowest BCUT2D eigenvalue weighted by atomic mass is 10.1. The lowest BCUT2D eigenvalue weighted by molar-refractivity contribution is -0.129. The molecule has 2 aliphatic rings. The summed E-state index contributed by atoms with van der Waals surface area (Å²) in [6, 6.07) is 16.6. The number of hydrogen-bond acceptors (Lipinski definition) is 3. The minimum atomic E-state index is -0.00111. The summed E-state index contributed by atoms with van der Waals surface area (Å²) in [5.41, 5.74) is 2.97. The summed E-state index contributed by atoms with van der Waals surface area (Å²) in [6.07, 6.45) is 4.34. The molecule has 2 amide bonds. The highest BCUT2D eigenvalue weighted by Crippen LogP contribution is 2.30. The molecule has 0 saturated heterocycles. The molecule has 4 rings (SSSR count). The molecular weight excluding hydrogens is 368 g/mol. The SMILES string of the molecule is Cc1ccccc1SCC(=O)N(Cc1ccc(C(=O)NC2CC2)cc1)C1CC1. The second kappa shape index (κ2) is 8.39. The van der Waals surface area contributed by atoms with Gasteiger partial charge in [0.1, 0.15) is 0 Å². The molecule has 28 heavy (non-hydrogen) atoms. The van der Waals surface area contributed by atoms with Gasteiger partial charge in [0.05, 0.1) is 5.75 Å². The number of benzene rings is 2. The summed E-state index contributed by atoms with van der Waals surface area (Å²) in [5, 5.41) is 3.01. The summed E-state index contributed by atoms with van der Waals surface area (Å²) >= 11 is 1.61. The molecule has 1 N–H and O–H groups in total. The van der Waals surface area contributed by atoms with Gasteiger partial charge in [0.2, 0.25) is 5.91 Å². The number of thioether (sulfide) groups is 1. The maximum Gasteiger partial charge on any atom is 0.251 e. The van der Waals surface area contributed by atoms with E-state index in [-0.39, 0.29) is 11.8 Å². The van der Waals surface area contributed by atoms with E-state index in [0.29, 0.717) is 29.9 Å². The molecule has 0 radical (unpaired) electrons. The number of carbonyl (C=O) groups excluding carboxylic acids is 2. The van der Waals surface area contributed by atoms with Crippen LogP contribution < -0.4 is 5.32 Å². The molecule has 2 aliphatic carbocycles. The molecule has 2 aromatic carbocycles. The van der Waals surface area contributed by atoms with E-state index in [1.54, 1.807) is 11.8 Å². The molecule has 0 spiro atoms. The zero-order valence-corrected chi connectivity index (χ0v) is 17.0. The molecule has 0 aliphatic heterocycles. The zero-order chi connectivity index (χ0) is 19.5. The minimum Gasteiger partial charge on any atom is -0.349 e. The summed E-state index contributed by atoms with van der Waals surface area (Å²) in [7, 11) is 0. The fourth-order valence-electron chi connectivity index (χ4n) is 3.20. The Kier molecular flexibility index (Phi) is 5.72. The molecular formula is C23H26N2O2S. The Morgan fingerprint density at radius 1 is 1.04 bits per heavy atom. The van der Waals surface area contributed by atoms with Crippen LogP contribution in [0, 0.1) is 6.92 Å². The van der Waals surface area contributed by atoms with E-state index >= 15 is 0 Å². The van der Waals surface area contributed by atoms with Crippen molar-refractivity contribution in [1.82, 2.24) is 10.2 Å². The molecule has 0 atom stereocenters. The van der Waals surface area contributed by atoms with Crippen molar-refractivity contribution in [2.75, 3.05) is 5.75 Å². The Bertz CT molecular complexity index is 857. The number of nitrogens with zero attached hydrogens (tertiary/aromatic N) is 1. The van der Waals surface area contributed by atoms with E-state index in [2.05, 4.69) is 24.4 Å². The van der Waals surface area contributed by atoms with Crippen molar-refractivity contribution in [3.8, 4) is 0 Å². The number of hydrogen-bond donors (Lipinski definition) is 1. The standard InChI is InChI=1S/C23H26N2O2S/c1-16-4-2-3-5-21(16)28-15-22(26)25(20-12-13-20)14-17-6-8-18(9-7-17)23(27)24-19-10-11-19/h2-9,19-20H,10-15H2,1H3,(H,24,27). The number of aryl methyl sites for hydroxylation is 1. The molecule has 2 saturated carbocycles. The maximum atomic E-state index is 12.9. The van der Waals surface area contributed by atoms with E-state index in [1.807, 2.05) is 41.3 Å². The van der Waals surface area contributed by atoms with Crippen LogP contribution in [0.15, 0.2) is 53.4 Å². The second-order valence-corrected chi connectivity index (χ2v) is 8.77. The number of amides is 2. The van der Waals surface area contributed by atoms with E-state index in [0.717, 1.165) is 36.1 Å². The summed E-state index contributed by atoms with van der Waals surface area (Å²) in [6.45, 7) is 2.69. The van der Waals surface area contributed by atoms with Crippen LogP contribution in [0.5, 0.6) is 0 Å². The van der Waals surface area contributed by atoms with E-state index in [4.69, 9.17) is 0 Å². The van der Waals surface area contributed by atoms with Crippen LogP contribution in [0.2, 0.25) is 0 Å². The van der Waals surface area contributed by atoms with Crippen LogP contribution in [-0.4, -0.2) is 34.6 Å². The van der Waals surface area contributed by atoms with Crippen LogP contribution in [-0.2, 0) is 11.3 Å². The van der Waals surface area contributed by atoms with Crippen molar-refractivity contribution in [3.63, 3.8) is 0 Å². The Labute approximate surface area is 170 Å². The van der Waals surface area contributed by atoms with Crippen molar-refractivity contribution >= 4 is 23.6 Å². The number of rotatable bonds is 8. The largest absolute Gasteiger partial charge is 0.349 e. The van der Waals surface area contributed by atoms with Gasteiger partial charge in [0, 0.05) is 29.1 Å². The van der Waals surface area contributed by atoms with Gasteiger partial charge in [-0.1, -0.05) is 30.3 Å². The monoisotopic (exact) mass is 394 g/mol. The fraction of sp³-hybridized carbons (Fsp3) is 0.391. The van der Waals surface area contributed by atoms with Crippen LogP contribution >= 0.6 is 11.8 Å². The third-order valence-corrected chi connectivity index (χ3v) is 6.39. The molecule has 0 unspecified atom stereocenters. The molecule has 0 bridgehead atoms. The van der Waals surface area contributed by atoms with Crippen molar-refractivity contribution in [2.24, 2.45) is 0 Å². The van der Waals surface area contributed by atoms with Crippen molar-refractivity contribution < 1.29 is 9.59 Å². The molecule has 4 nitrogen and oxygen atoms in total. The second-order valence-electron chi connectivity index (χ2n) is 7.75. The van der Waals surface area contributed by atoms with Crippen molar-refractivity contribution in [1.29, 1.82) is 0 Å². The molecule has 2 fully saturated rings. The predicted octanol–water partition coefficient (Wildman–Crippen LogP) is 4.17. The highest BCUT2D eigenvalue weighted by Gasteiger charge is 2.32. The van der Waals surface area contributed by atoms with E-state index in [1.165, 1.54) is 5.56 Å². The Morgan fingerprint density at radius 3 is 2.39 bits per heavy atom.